The van der Waals surface area contributed by atoms with Crippen LogP contribution in [0.3, 0.4) is 0 Å². The van der Waals surface area contributed by atoms with Crippen LogP contribution in [0, 0.1) is 11.8 Å². The molecular formula is C25H25N9O. The van der Waals surface area contributed by atoms with E-state index in [0.29, 0.717) is 29.4 Å². The average molecular weight is 468 g/mol. The first-order valence-electron chi connectivity index (χ1n) is 11.3. The molecule has 1 atom stereocenters. The van der Waals surface area contributed by atoms with E-state index in [9.17, 15) is 5.11 Å². The fourth-order valence-electron chi connectivity index (χ4n) is 4.14. The van der Waals surface area contributed by atoms with Gasteiger partial charge in [-0.15, -0.1) is 10.2 Å². The van der Waals surface area contributed by atoms with E-state index in [4.69, 9.17) is 5.73 Å². The summed E-state index contributed by atoms with van der Waals surface area (Å²) in [6.45, 7) is 4.89. The van der Waals surface area contributed by atoms with Gasteiger partial charge in [0, 0.05) is 49.8 Å². The summed E-state index contributed by atoms with van der Waals surface area (Å²) in [4.78, 5) is 17.4. The molecule has 5 rings (SSSR count). The SMILES string of the molecule is C[C@H]1CN(c2ccnc(C#CCn3ccnc3)n2)CCN1c1cc(-c2ccccc2O)nnc1N. The Morgan fingerprint density at radius 2 is 2.03 bits per heavy atom. The lowest BCUT2D eigenvalue weighted by atomic mass is 10.1. The molecule has 0 unspecified atom stereocenters. The number of nitrogen functional groups attached to an aromatic ring is 1. The number of phenols is 1. The zero-order valence-corrected chi connectivity index (χ0v) is 19.3. The molecule has 1 saturated heterocycles. The number of benzene rings is 1. The van der Waals surface area contributed by atoms with Crippen LogP contribution in [0.15, 0.2) is 61.3 Å². The summed E-state index contributed by atoms with van der Waals surface area (Å²) in [6, 6.07) is 11.0. The van der Waals surface area contributed by atoms with E-state index in [2.05, 4.69) is 53.7 Å². The Bertz CT molecular complexity index is 1380. The van der Waals surface area contributed by atoms with Gasteiger partial charge in [0.05, 0.1) is 24.3 Å². The number of phenolic OH excluding ortho intramolecular Hbond substituents is 1. The molecule has 4 aromatic rings. The molecule has 10 nitrogen and oxygen atoms in total. The van der Waals surface area contributed by atoms with E-state index in [1.54, 1.807) is 30.9 Å². The van der Waals surface area contributed by atoms with Crippen molar-refractivity contribution in [2.24, 2.45) is 0 Å². The number of piperazine rings is 1. The van der Waals surface area contributed by atoms with Crippen LogP contribution in [0.5, 0.6) is 5.75 Å². The highest BCUT2D eigenvalue weighted by molar-refractivity contribution is 5.74. The molecule has 3 aromatic heterocycles. The Morgan fingerprint density at radius 3 is 2.83 bits per heavy atom. The Morgan fingerprint density at radius 1 is 1.14 bits per heavy atom. The van der Waals surface area contributed by atoms with Crippen molar-refractivity contribution >= 4 is 17.3 Å². The minimum Gasteiger partial charge on any atom is -0.507 e. The second kappa shape index (κ2) is 9.69. The van der Waals surface area contributed by atoms with Gasteiger partial charge < -0.3 is 25.2 Å². The molecule has 35 heavy (non-hydrogen) atoms. The minimum absolute atomic E-state index is 0.137. The van der Waals surface area contributed by atoms with Crippen LogP contribution in [0.1, 0.15) is 12.7 Å². The third-order valence-corrected chi connectivity index (χ3v) is 5.90. The molecule has 10 heteroatoms. The highest BCUT2D eigenvalue weighted by Gasteiger charge is 2.27. The number of hydrogen-bond donors (Lipinski definition) is 2. The summed E-state index contributed by atoms with van der Waals surface area (Å²) in [7, 11) is 0. The van der Waals surface area contributed by atoms with Gasteiger partial charge in [-0.25, -0.2) is 15.0 Å². The number of nitrogens with zero attached hydrogens (tertiary/aromatic N) is 8. The first-order valence-corrected chi connectivity index (χ1v) is 11.3. The molecule has 1 aromatic carbocycles. The second-order valence-corrected chi connectivity index (χ2v) is 8.28. The average Bonchev–Trinajstić information content (AvgIpc) is 3.39. The Balaban J connectivity index is 1.31. The van der Waals surface area contributed by atoms with Crippen molar-refractivity contribution in [1.82, 2.24) is 29.7 Å². The molecule has 1 aliphatic rings. The third kappa shape index (κ3) is 4.84. The molecule has 176 valence electrons. The van der Waals surface area contributed by atoms with Gasteiger partial charge in [-0.3, -0.25) is 0 Å². The standard InChI is InChI=1S/C25H25N9O/c1-18-16-33(24-8-9-28-23(29-24)7-4-11-32-12-10-27-17-32)13-14-34(18)21-15-20(30-31-25(21)26)19-5-2-3-6-22(19)35/h2-3,5-6,8-10,12,15,17-18,35H,11,13-14,16H2,1H3,(H2,26,31)/t18-/m0/s1. The molecule has 0 radical (unpaired) electrons. The lowest BCUT2D eigenvalue weighted by Crippen LogP contribution is -2.52. The molecule has 0 saturated carbocycles. The zero-order valence-electron chi connectivity index (χ0n) is 19.3. The van der Waals surface area contributed by atoms with Crippen LogP contribution in [0.2, 0.25) is 0 Å². The van der Waals surface area contributed by atoms with E-state index in [0.717, 1.165) is 31.1 Å². The van der Waals surface area contributed by atoms with Crippen LogP contribution in [0.25, 0.3) is 11.3 Å². The monoisotopic (exact) mass is 467 g/mol. The summed E-state index contributed by atoms with van der Waals surface area (Å²) >= 11 is 0. The van der Waals surface area contributed by atoms with E-state index in [-0.39, 0.29) is 11.8 Å². The van der Waals surface area contributed by atoms with Crippen molar-refractivity contribution in [3.05, 3.63) is 67.1 Å². The van der Waals surface area contributed by atoms with E-state index >= 15 is 0 Å². The number of anilines is 3. The largest absolute Gasteiger partial charge is 0.507 e. The number of hydrogen-bond acceptors (Lipinski definition) is 9. The quantitative estimate of drug-likeness (QED) is 0.435. The molecule has 4 heterocycles. The highest BCUT2D eigenvalue weighted by Crippen LogP contribution is 2.33. The van der Waals surface area contributed by atoms with Crippen molar-refractivity contribution in [3.8, 4) is 28.8 Å². The number of rotatable bonds is 4. The molecular weight excluding hydrogens is 442 g/mol. The summed E-state index contributed by atoms with van der Waals surface area (Å²) in [5.74, 6) is 7.96. The van der Waals surface area contributed by atoms with E-state index < -0.39 is 0 Å². The topological polar surface area (TPSA) is 122 Å². The zero-order chi connectivity index (χ0) is 24.2. The van der Waals surface area contributed by atoms with Crippen LogP contribution < -0.4 is 15.5 Å². The summed E-state index contributed by atoms with van der Waals surface area (Å²) < 4.78 is 1.89. The van der Waals surface area contributed by atoms with Gasteiger partial charge in [0.1, 0.15) is 11.6 Å². The molecule has 0 amide bonds. The van der Waals surface area contributed by atoms with Crippen LogP contribution >= 0.6 is 0 Å². The van der Waals surface area contributed by atoms with Crippen molar-refractivity contribution < 1.29 is 5.11 Å². The first-order chi connectivity index (χ1) is 17.1. The predicted octanol–water partition coefficient (Wildman–Crippen LogP) is 2.18. The number of nitrogens with two attached hydrogens (primary N) is 1. The maximum Gasteiger partial charge on any atom is 0.206 e. The number of aromatic nitrogens is 6. The summed E-state index contributed by atoms with van der Waals surface area (Å²) in [6.07, 6.45) is 7.05. The molecule has 0 spiro atoms. The Labute approximate surface area is 203 Å². The van der Waals surface area contributed by atoms with Gasteiger partial charge in [-0.05, 0) is 37.1 Å². The van der Waals surface area contributed by atoms with Crippen molar-refractivity contribution in [2.45, 2.75) is 19.5 Å². The first kappa shape index (κ1) is 22.2. The van der Waals surface area contributed by atoms with Crippen LogP contribution in [-0.4, -0.2) is 60.5 Å². The molecule has 1 fully saturated rings. The smallest absolute Gasteiger partial charge is 0.206 e. The van der Waals surface area contributed by atoms with E-state index in [1.165, 1.54) is 0 Å². The third-order valence-electron chi connectivity index (χ3n) is 5.90. The van der Waals surface area contributed by atoms with Gasteiger partial charge in [0.15, 0.2) is 5.82 Å². The van der Waals surface area contributed by atoms with Crippen LogP contribution in [0.4, 0.5) is 17.3 Å². The minimum atomic E-state index is 0.137. The lowest BCUT2D eigenvalue weighted by molar-refractivity contribution is 0.477. The van der Waals surface area contributed by atoms with Gasteiger partial charge >= 0.3 is 0 Å². The normalized spacial score (nSPS) is 15.5. The number of para-hydroxylation sites is 1. The van der Waals surface area contributed by atoms with Gasteiger partial charge in [0.2, 0.25) is 5.82 Å². The van der Waals surface area contributed by atoms with Crippen molar-refractivity contribution in [3.63, 3.8) is 0 Å². The maximum absolute atomic E-state index is 10.2. The second-order valence-electron chi connectivity index (χ2n) is 8.28. The van der Waals surface area contributed by atoms with Crippen LogP contribution in [-0.2, 0) is 6.54 Å². The molecule has 0 bridgehead atoms. The van der Waals surface area contributed by atoms with Crippen molar-refractivity contribution in [1.29, 1.82) is 0 Å². The maximum atomic E-state index is 10.2. The molecule has 0 aliphatic carbocycles. The van der Waals surface area contributed by atoms with E-state index in [1.807, 2.05) is 35.0 Å². The Hall–Kier alpha value is -4.65. The van der Waals surface area contributed by atoms with Crippen molar-refractivity contribution in [2.75, 3.05) is 35.2 Å². The highest BCUT2D eigenvalue weighted by atomic mass is 16.3. The lowest BCUT2D eigenvalue weighted by Gasteiger charge is -2.41. The summed E-state index contributed by atoms with van der Waals surface area (Å²) in [5, 5.41) is 18.6. The number of aromatic hydroxyl groups is 1. The van der Waals surface area contributed by atoms with Gasteiger partial charge in [-0.1, -0.05) is 18.1 Å². The summed E-state index contributed by atoms with van der Waals surface area (Å²) in [5.41, 5.74) is 8.22. The fraction of sp³-hybridized carbons (Fsp3) is 0.240. The van der Waals surface area contributed by atoms with Gasteiger partial charge in [0.25, 0.3) is 0 Å². The number of imidazole rings is 1. The molecule has 3 N–H and O–H groups in total. The fourth-order valence-corrected chi connectivity index (χ4v) is 4.14. The predicted molar refractivity (Wildman–Crippen MR) is 134 cm³/mol. The van der Waals surface area contributed by atoms with Gasteiger partial charge in [-0.2, -0.15) is 0 Å². The Kier molecular flexibility index (Phi) is 6.13. The molecule has 1 aliphatic heterocycles.